The van der Waals surface area contributed by atoms with Crippen molar-refractivity contribution in [2.45, 2.75) is 25.3 Å². The summed E-state index contributed by atoms with van der Waals surface area (Å²) < 4.78 is 0. The SMILES string of the molecule is OCC1CCCC1Nc1ccncc1. The molecule has 0 aromatic carbocycles. The van der Waals surface area contributed by atoms with Crippen LogP contribution in [0.25, 0.3) is 0 Å². The van der Waals surface area contributed by atoms with E-state index in [2.05, 4.69) is 10.3 Å². The average Bonchev–Trinajstić information content (AvgIpc) is 2.67. The molecule has 1 heterocycles. The van der Waals surface area contributed by atoms with E-state index in [0.717, 1.165) is 18.5 Å². The van der Waals surface area contributed by atoms with Crippen LogP contribution in [0.4, 0.5) is 5.69 Å². The van der Waals surface area contributed by atoms with E-state index in [1.165, 1.54) is 6.42 Å². The maximum atomic E-state index is 9.16. The summed E-state index contributed by atoms with van der Waals surface area (Å²) in [5.74, 6) is 0.420. The molecule has 0 aliphatic heterocycles. The maximum absolute atomic E-state index is 9.16. The van der Waals surface area contributed by atoms with Gasteiger partial charge < -0.3 is 10.4 Å². The maximum Gasteiger partial charge on any atom is 0.0478 e. The second-order valence-electron chi connectivity index (χ2n) is 3.86. The van der Waals surface area contributed by atoms with Gasteiger partial charge in [0, 0.05) is 36.6 Å². The van der Waals surface area contributed by atoms with Crippen LogP contribution >= 0.6 is 0 Å². The predicted molar refractivity (Wildman–Crippen MR) is 56.1 cm³/mol. The summed E-state index contributed by atoms with van der Waals surface area (Å²) in [6, 6.07) is 4.36. The van der Waals surface area contributed by atoms with E-state index in [1.54, 1.807) is 12.4 Å². The van der Waals surface area contributed by atoms with Crippen LogP contribution in [-0.4, -0.2) is 22.7 Å². The van der Waals surface area contributed by atoms with Crippen molar-refractivity contribution < 1.29 is 5.11 Å². The van der Waals surface area contributed by atoms with Gasteiger partial charge in [-0.3, -0.25) is 4.98 Å². The van der Waals surface area contributed by atoms with Crippen molar-refractivity contribution in [3.8, 4) is 0 Å². The number of rotatable bonds is 3. The molecule has 1 aliphatic rings. The molecule has 76 valence electrons. The molecule has 0 amide bonds. The van der Waals surface area contributed by atoms with Gasteiger partial charge in [-0.25, -0.2) is 0 Å². The highest BCUT2D eigenvalue weighted by atomic mass is 16.3. The van der Waals surface area contributed by atoms with Crippen molar-refractivity contribution in [1.29, 1.82) is 0 Å². The standard InChI is InChI=1S/C11H16N2O/c14-8-9-2-1-3-11(9)13-10-4-6-12-7-5-10/h4-7,9,11,14H,1-3,8H2,(H,12,13). The first-order valence-corrected chi connectivity index (χ1v) is 5.17. The van der Waals surface area contributed by atoms with Gasteiger partial charge in [0.1, 0.15) is 0 Å². The molecule has 14 heavy (non-hydrogen) atoms. The molecule has 3 heteroatoms. The van der Waals surface area contributed by atoms with Gasteiger partial charge >= 0.3 is 0 Å². The van der Waals surface area contributed by atoms with E-state index < -0.39 is 0 Å². The Morgan fingerprint density at radius 1 is 1.36 bits per heavy atom. The molecule has 1 aromatic rings. The zero-order valence-electron chi connectivity index (χ0n) is 8.19. The monoisotopic (exact) mass is 192 g/mol. The predicted octanol–water partition coefficient (Wildman–Crippen LogP) is 1.65. The Kier molecular flexibility index (Phi) is 2.99. The fourth-order valence-corrected chi connectivity index (χ4v) is 2.11. The van der Waals surface area contributed by atoms with E-state index in [-0.39, 0.29) is 0 Å². The van der Waals surface area contributed by atoms with Crippen molar-refractivity contribution in [3.63, 3.8) is 0 Å². The Hall–Kier alpha value is -1.09. The summed E-state index contributed by atoms with van der Waals surface area (Å²) in [5.41, 5.74) is 1.10. The highest BCUT2D eigenvalue weighted by Crippen LogP contribution is 2.27. The fourth-order valence-electron chi connectivity index (χ4n) is 2.11. The average molecular weight is 192 g/mol. The summed E-state index contributed by atoms with van der Waals surface area (Å²) in [5, 5.41) is 12.6. The minimum Gasteiger partial charge on any atom is -0.396 e. The van der Waals surface area contributed by atoms with Crippen LogP contribution in [0.5, 0.6) is 0 Å². The van der Waals surface area contributed by atoms with Crippen LogP contribution in [-0.2, 0) is 0 Å². The molecule has 2 N–H and O–H groups in total. The van der Waals surface area contributed by atoms with Gasteiger partial charge in [0.15, 0.2) is 0 Å². The van der Waals surface area contributed by atoms with Crippen LogP contribution in [0, 0.1) is 5.92 Å². The first-order chi connectivity index (χ1) is 6.90. The van der Waals surface area contributed by atoms with Crippen LogP contribution in [0.3, 0.4) is 0 Å². The Balaban J connectivity index is 1.97. The van der Waals surface area contributed by atoms with Gasteiger partial charge in [0.25, 0.3) is 0 Å². The number of nitrogens with one attached hydrogen (secondary N) is 1. The Morgan fingerprint density at radius 2 is 2.14 bits per heavy atom. The summed E-state index contributed by atoms with van der Waals surface area (Å²) in [6.07, 6.45) is 7.08. The Morgan fingerprint density at radius 3 is 2.86 bits per heavy atom. The highest BCUT2D eigenvalue weighted by Gasteiger charge is 2.26. The third kappa shape index (κ3) is 2.04. The van der Waals surface area contributed by atoms with Gasteiger partial charge in [0.05, 0.1) is 0 Å². The molecule has 1 fully saturated rings. The molecule has 3 nitrogen and oxygen atoms in total. The van der Waals surface area contributed by atoms with Crippen molar-refractivity contribution in [1.82, 2.24) is 4.98 Å². The molecular formula is C11H16N2O. The third-order valence-corrected chi connectivity index (χ3v) is 2.93. The Bertz CT molecular complexity index is 276. The van der Waals surface area contributed by atoms with Gasteiger partial charge in [0.2, 0.25) is 0 Å². The first-order valence-electron chi connectivity index (χ1n) is 5.17. The lowest BCUT2D eigenvalue weighted by atomic mass is 10.1. The number of aromatic nitrogens is 1. The highest BCUT2D eigenvalue weighted by molar-refractivity contribution is 5.42. The number of aliphatic hydroxyl groups is 1. The van der Waals surface area contributed by atoms with Crippen molar-refractivity contribution in [2.75, 3.05) is 11.9 Å². The summed E-state index contributed by atoms with van der Waals surface area (Å²) in [6.45, 7) is 0.294. The van der Waals surface area contributed by atoms with E-state index in [9.17, 15) is 0 Å². The van der Waals surface area contributed by atoms with Crippen LogP contribution in [0.2, 0.25) is 0 Å². The molecule has 2 unspecified atom stereocenters. The number of anilines is 1. The smallest absolute Gasteiger partial charge is 0.0478 e. The van der Waals surface area contributed by atoms with Gasteiger partial charge in [-0.05, 0) is 25.0 Å². The number of aliphatic hydroxyl groups excluding tert-OH is 1. The minimum absolute atomic E-state index is 0.294. The van der Waals surface area contributed by atoms with E-state index in [4.69, 9.17) is 5.11 Å². The largest absolute Gasteiger partial charge is 0.396 e. The quantitative estimate of drug-likeness (QED) is 0.765. The number of pyridine rings is 1. The van der Waals surface area contributed by atoms with Crippen molar-refractivity contribution >= 4 is 5.69 Å². The molecule has 2 rings (SSSR count). The zero-order chi connectivity index (χ0) is 9.80. The Labute approximate surface area is 84.2 Å². The fraction of sp³-hybridized carbons (Fsp3) is 0.545. The zero-order valence-corrected chi connectivity index (χ0v) is 8.19. The molecule has 0 radical (unpaired) electrons. The second kappa shape index (κ2) is 4.42. The number of hydrogen-bond acceptors (Lipinski definition) is 3. The van der Waals surface area contributed by atoms with Crippen molar-refractivity contribution in [2.24, 2.45) is 5.92 Å². The second-order valence-corrected chi connectivity index (χ2v) is 3.86. The lowest BCUT2D eigenvalue weighted by Gasteiger charge is -2.19. The lowest BCUT2D eigenvalue weighted by Crippen LogP contribution is -2.26. The van der Waals surface area contributed by atoms with Crippen molar-refractivity contribution in [3.05, 3.63) is 24.5 Å². The van der Waals surface area contributed by atoms with E-state index in [1.807, 2.05) is 12.1 Å². The van der Waals surface area contributed by atoms with Crippen LogP contribution in [0.15, 0.2) is 24.5 Å². The lowest BCUT2D eigenvalue weighted by molar-refractivity contribution is 0.222. The molecule has 0 saturated heterocycles. The summed E-state index contributed by atoms with van der Waals surface area (Å²) >= 11 is 0. The van der Waals surface area contributed by atoms with Gasteiger partial charge in [-0.15, -0.1) is 0 Å². The summed E-state index contributed by atoms with van der Waals surface area (Å²) in [4.78, 5) is 3.97. The molecule has 0 bridgehead atoms. The molecule has 0 spiro atoms. The first kappa shape index (κ1) is 9.46. The third-order valence-electron chi connectivity index (χ3n) is 2.93. The number of nitrogens with zero attached hydrogens (tertiary/aromatic N) is 1. The van der Waals surface area contributed by atoms with Gasteiger partial charge in [-0.2, -0.15) is 0 Å². The van der Waals surface area contributed by atoms with Crippen LogP contribution in [0.1, 0.15) is 19.3 Å². The molecule has 1 saturated carbocycles. The molecule has 2 atom stereocenters. The summed E-state index contributed by atoms with van der Waals surface area (Å²) in [7, 11) is 0. The van der Waals surface area contributed by atoms with E-state index >= 15 is 0 Å². The van der Waals surface area contributed by atoms with Gasteiger partial charge in [-0.1, -0.05) is 6.42 Å². The normalized spacial score (nSPS) is 26.4. The minimum atomic E-state index is 0.294. The van der Waals surface area contributed by atoms with Crippen LogP contribution < -0.4 is 5.32 Å². The molecule has 1 aromatic heterocycles. The number of hydrogen-bond donors (Lipinski definition) is 2. The topological polar surface area (TPSA) is 45.1 Å². The van der Waals surface area contributed by atoms with E-state index in [0.29, 0.717) is 18.6 Å². The molecule has 1 aliphatic carbocycles. The molecular weight excluding hydrogens is 176 g/mol.